The lowest BCUT2D eigenvalue weighted by molar-refractivity contribution is 0.0918. The fourth-order valence-corrected chi connectivity index (χ4v) is 3.11. The van der Waals surface area contributed by atoms with Crippen molar-refractivity contribution < 1.29 is 9.21 Å². The number of amides is 1. The molecule has 2 N–H and O–H groups in total. The number of carbonyl (C=O) groups is 1. The number of rotatable bonds is 3. The highest BCUT2D eigenvalue weighted by Gasteiger charge is 2.25. The maximum absolute atomic E-state index is 12.2. The number of nitrogens with one attached hydrogen (secondary N) is 2. The van der Waals surface area contributed by atoms with Crippen LogP contribution in [0.15, 0.2) is 10.7 Å². The summed E-state index contributed by atoms with van der Waals surface area (Å²) in [6.45, 7) is 3.27. The molecule has 5 nitrogen and oxygen atoms in total. The second kappa shape index (κ2) is 5.95. The molecule has 1 aromatic heterocycles. The lowest BCUT2D eigenvalue weighted by atomic mass is 9.87. The van der Waals surface area contributed by atoms with E-state index in [9.17, 15) is 4.79 Å². The van der Waals surface area contributed by atoms with Crippen molar-refractivity contribution >= 4 is 5.91 Å². The van der Waals surface area contributed by atoms with E-state index in [0.717, 1.165) is 38.1 Å². The van der Waals surface area contributed by atoms with Gasteiger partial charge in [0.2, 0.25) is 5.89 Å². The highest BCUT2D eigenvalue weighted by Crippen LogP contribution is 2.24. The van der Waals surface area contributed by atoms with Gasteiger partial charge in [-0.15, -0.1) is 0 Å². The molecule has 5 heteroatoms. The molecule has 1 atom stereocenters. The molecule has 0 radical (unpaired) electrons. The summed E-state index contributed by atoms with van der Waals surface area (Å²) in [5, 5.41) is 6.40. The number of nitrogens with zero attached hydrogens (tertiary/aromatic N) is 1. The summed E-state index contributed by atoms with van der Waals surface area (Å²) >= 11 is 0. The highest BCUT2D eigenvalue weighted by molar-refractivity contribution is 5.92. The summed E-state index contributed by atoms with van der Waals surface area (Å²) in [5.74, 6) is 1.33. The van der Waals surface area contributed by atoms with Crippen molar-refractivity contribution in [3.05, 3.63) is 17.8 Å². The lowest BCUT2D eigenvalue weighted by Crippen LogP contribution is -2.37. The molecule has 2 aliphatic rings. The SMILES string of the molecule is CC1CCC(NC(=O)c2coc(C3CCCN3)n2)CC1. The Bertz CT molecular complexity index is 457. The standard InChI is InChI=1S/C15H23N3O2/c1-10-4-6-11(7-5-10)17-14(19)13-9-20-15(18-13)12-3-2-8-16-12/h9-12,16H,2-8H2,1H3,(H,17,19). The number of oxazole rings is 1. The first-order valence-electron chi connectivity index (χ1n) is 7.72. The molecular formula is C15H23N3O2. The van der Waals surface area contributed by atoms with E-state index < -0.39 is 0 Å². The molecule has 110 valence electrons. The maximum Gasteiger partial charge on any atom is 0.273 e. The van der Waals surface area contributed by atoms with Gasteiger partial charge in [-0.1, -0.05) is 6.92 Å². The molecule has 0 aromatic carbocycles. The van der Waals surface area contributed by atoms with Crippen LogP contribution in [-0.2, 0) is 0 Å². The minimum atomic E-state index is -0.0995. The minimum absolute atomic E-state index is 0.0995. The second-order valence-electron chi connectivity index (χ2n) is 6.15. The Morgan fingerprint density at radius 3 is 2.85 bits per heavy atom. The van der Waals surface area contributed by atoms with Crippen LogP contribution in [-0.4, -0.2) is 23.5 Å². The third-order valence-corrected chi connectivity index (χ3v) is 4.46. The van der Waals surface area contributed by atoms with E-state index in [1.165, 1.54) is 19.1 Å². The predicted octanol–water partition coefficient (Wildman–Crippen LogP) is 2.41. The van der Waals surface area contributed by atoms with Gasteiger partial charge in [0.25, 0.3) is 5.91 Å². The summed E-state index contributed by atoms with van der Waals surface area (Å²) < 4.78 is 5.44. The van der Waals surface area contributed by atoms with Crippen LogP contribution in [0.1, 0.15) is 67.9 Å². The maximum atomic E-state index is 12.2. The summed E-state index contributed by atoms with van der Waals surface area (Å²) in [7, 11) is 0. The van der Waals surface area contributed by atoms with Crippen LogP contribution in [0.2, 0.25) is 0 Å². The predicted molar refractivity (Wildman–Crippen MR) is 75.4 cm³/mol. The first kappa shape index (κ1) is 13.6. The van der Waals surface area contributed by atoms with Crippen molar-refractivity contribution in [2.75, 3.05) is 6.54 Å². The Morgan fingerprint density at radius 2 is 2.15 bits per heavy atom. The summed E-state index contributed by atoms with van der Waals surface area (Å²) in [4.78, 5) is 16.5. The monoisotopic (exact) mass is 277 g/mol. The smallest absolute Gasteiger partial charge is 0.273 e. The van der Waals surface area contributed by atoms with Crippen molar-refractivity contribution in [2.45, 2.75) is 57.5 Å². The first-order valence-corrected chi connectivity index (χ1v) is 7.72. The first-order chi connectivity index (χ1) is 9.72. The fraction of sp³-hybridized carbons (Fsp3) is 0.733. The topological polar surface area (TPSA) is 67.2 Å². The normalized spacial score (nSPS) is 30.4. The van der Waals surface area contributed by atoms with E-state index in [-0.39, 0.29) is 11.9 Å². The van der Waals surface area contributed by atoms with E-state index >= 15 is 0 Å². The van der Waals surface area contributed by atoms with Gasteiger partial charge in [0, 0.05) is 6.04 Å². The molecule has 1 saturated carbocycles. The number of carbonyl (C=O) groups excluding carboxylic acids is 1. The molecule has 0 spiro atoms. The number of hydrogen-bond donors (Lipinski definition) is 2. The third kappa shape index (κ3) is 3.03. The molecule has 1 saturated heterocycles. The highest BCUT2D eigenvalue weighted by atomic mass is 16.3. The van der Waals surface area contributed by atoms with Crippen molar-refractivity contribution in [1.82, 2.24) is 15.6 Å². The lowest BCUT2D eigenvalue weighted by Gasteiger charge is -2.26. The van der Waals surface area contributed by atoms with Crippen molar-refractivity contribution in [3.63, 3.8) is 0 Å². The fourth-order valence-electron chi connectivity index (χ4n) is 3.11. The molecule has 1 aliphatic heterocycles. The van der Waals surface area contributed by atoms with Crippen LogP contribution >= 0.6 is 0 Å². The average Bonchev–Trinajstić information content (AvgIpc) is 3.11. The van der Waals surface area contributed by atoms with E-state index in [2.05, 4.69) is 22.5 Å². The Kier molecular flexibility index (Phi) is 4.05. The summed E-state index contributed by atoms with van der Waals surface area (Å²) in [6.07, 6.45) is 8.18. The van der Waals surface area contributed by atoms with Crippen LogP contribution in [0, 0.1) is 5.92 Å². The minimum Gasteiger partial charge on any atom is -0.446 e. The zero-order chi connectivity index (χ0) is 13.9. The summed E-state index contributed by atoms with van der Waals surface area (Å²) in [6, 6.07) is 0.468. The van der Waals surface area contributed by atoms with Gasteiger partial charge < -0.3 is 15.1 Å². The zero-order valence-corrected chi connectivity index (χ0v) is 12.0. The van der Waals surface area contributed by atoms with E-state index in [1.54, 1.807) is 0 Å². The van der Waals surface area contributed by atoms with E-state index in [4.69, 9.17) is 4.42 Å². The third-order valence-electron chi connectivity index (χ3n) is 4.46. The molecule has 20 heavy (non-hydrogen) atoms. The van der Waals surface area contributed by atoms with Crippen LogP contribution in [0.25, 0.3) is 0 Å². The number of aromatic nitrogens is 1. The van der Waals surface area contributed by atoms with Gasteiger partial charge in [-0.05, 0) is 51.0 Å². The number of hydrogen-bond acceptors (Lipinski definition) is 4. The van der Waals surface area contributed by atoms with Crippen molar-refractivity contribution in [3.8, 4) is 0 Å². The van der Waals surface area contributed by atoms with Crippen LogP contribution in [0.5, 0.6) is 0 Å². The van der Waals surface area contributed by atoms with Crippen LogP contribution in [0.3, 0.4) is 0 Å². The van der Waals surface area contributed by atoms with Gasteiger partial charge >= 0.3 is 0 Å². The van der Waals surface area contributed by atoms with Gasteiger partial charge in [-0.3, -0.25) is 4.79 Å². The molecule has 1 aromatic rings. The van der Waals surface area contributed by atoms with Gasteiger partial charge in [0.1, 0.15) is 6.26 Å². The van der Waals surface area contributed by atoms with Crippen LogP contribution in [0.4, 0.5) is 0 Å². The van der Waals surface area contributed by atoms with Crippen molar-refractivity contribution in [1.29, 1.82) is 0 Å². The van der Waals surface area contributed by atoms with E-state index in [0.29, 0.717) is 17.6 Å². The second-order valence-corrected chi connectivity index (χ2v) is 6.15. The molecule has 1 amide bonds. The summed E-state index contributed by atoms with van der Waals surface area (Å²) in [5.41, 5.74) is 0.410. The molecule has 1 aliphatic carbocycles. The van der Waals surface area contributed by atoms with Crippen LogP contribution < -0.4 is 10.6 Å². The Labute approximate surface area is 119 Å². The average molecular weight is 277 g/mol. The molecule has 2 fully saturated rings. The van der Waals surface area contributed by atoms with Crippen molar-refractivity contribution in [2.24, 2.45) is 5.92 Å². The Hall–Kier alpha value is -1.36. The van der Waals surface area contributed by atoms with E-state index in [1.807, 2.05) is 0 Å². The molecule has 1 unspecified atom stereocenters. The van der Waals surface area contributed by atoms with Gasteiger partial charge in [0.05, 0.1) is 6.04 Å². The Balaban J connectivity index is 1.57. The quantitative estimate of drug-likeness (QED) is 0.890. The zero-order valence-electron chi connectivity index (χ0n) is 12.0. The van der Waals surface area contributed by atoms with Gasteiger partial charge in [0.15, 0.2) is 5.69 Å². The molecular weight excluding hydrogens is 254 g/mol. The molecule has 2 heterocycles. The molecule has 0 bridgehead atoms. The van der Waals surface area contributed by atoms with Gasteiger partial charge in [-0.2, -0.15) is 0 Å². The molecule has 3 rings (SSSR count). The largest absolute Gasteiger partial charge is 0.446 e. The van der Waals surface area contributed by atoms with Gasteiger partial charge in [-0.25, -0.2) is 4.98 Å². The Morgan fingerprint density at radius 1 is 1.35 bits per heavy atom.